The van der Waals surface area contributed by atoms with Crippen LogP contribution in [0.2, 0.25) is 0 Å². The molecular formula is C23H30N6OS. The van der Waals surface area contributed by atoms with Gasteiger partial charge in [-0.05, 0) is 50.7 Å². The molecule has 1 aliphatic heterocycles. The van der Waals surface area contributed by atoms with Crippen LogP contribution < -0.4 is 20.7 Å². The zero-order valence-electron chi connectivity index (χ0n) is 18.3. The number of rotatable bonds is 7. The van der Waals surface area contributed by atoms with Gasteiger partial charge in [0.2, 0.25) is 0 Å². The second-order valence-corrected chi connectivity index (χ2v) is 8.92. The van der Waals surface area contributed by atoms with Crippen LogP contribution in [0, 0.1) is 0 Å². The van der Waals surface area contributed by atoms with E-state index in [-0.39, 0.29) is 6.10 Å². The van der Waals surface area contributed by atoms with E-state index in [1.54, 1.807) is 11.3 Å². The number of nitrogens with one attached hydrogen (secondary N) is 1. The number of hydrogen-bond donors (Lipinski definition) is 2. The molecule has 0 atom stereocenters. The third kappa shape index (κ3) is 5.33. The van der Waals surface area contributed by atoms with Crippen LogP contribution in [0.5, 0.6) is 5.75 Å². The highest BCUT2D eigenvalue weighted by molar-refractivity contribution is 7.14. The van der Waals surface area contributed by atoms with Crippen molar-refractivity contribution in [3.63, 3.8) is 0 Å². The molecule has 3 heterocycles. The summed E-state index contributed by atoms with van der Waals surface area (Å²) < 4.78 is 5.96. The molecule has 0 radical (unpaired) electrons. The van der Waals surface area contributed by atoms with Crippen molar-refractivity contribution in [3.8, 4) is 17.0 Å². The Hall–Kier alpha value is -2.68. The summed E-state index contributed by atoms with van der Waals surface area (Å²) in [5.41, 5.74) is 9.76. The summed E-state index contributed by atoms with van der Waals surface area (Å²) in [6.45, 7) is 8.61. The fourth-order valence-corrected chi connectivity index (χ4v) is 4.26. The maximum atomic E-state index is 5.96. The SMILES string of the molecule is CC(C)Oc1ccc(CN)cc1Nc1nc(-c2ccnc(N3CCN(C)CC3)c2)cs1. The van der Waals surface area contributed by atoms with E-state index in [1.807, 2.05) is 44.3 Å². The zero-order valence-corrected chi connectivity index (χ0v) is 19.2. The molecule has 1 saturated heterocycles. The predicted octanol–water partition coefficient (Wildman–Crippen LogP) is 3.95. The Morgan fingerprint density at radius 1 is 1.16 bits per heavy atom. The van der Waals surface area contributed by atoms with E-state index >= 15 is 0 Å². The lowest BCUT2D eigenvalue weighted by molar-refractivity contribution is 0.243. The quantitative estimate of drug-likeness (QED) is 0.578. The summed E-state index contributed by atoms with van der Waals surface area (Å²) in [6, 6.07) is 10.1. The number of pyridine rings is 1. The monoisotopic (exact) mass is 438 g/mol. The van der Waals surface area contributed by atoms with Gasteiger partial charge in [0.1, 0.15) is 11.6 Å². The largest absolute Gasteiger partial charge is 0.489 e. The molecule has 3 aromatic rings. The first-order chi connectivity index (χ1) is 15.0. The fraction of sp³-hybridized carbons (Fsp3) is 0.391. The van der Waals surface area contributed by atoms with E-state index in [1.165, 1.54) is 0 Å². The molecule has 0 spiro atoms. The molecule has 31 heavy (non-hydrogen) atoms. The van der Waals surface area contributed by atoms with Gasteiger partial charge in [0.25, 0.3) is 0 Å². The van der Waals surface area contributed by atoms with Crippen LogP contribution in [-0.4, -0.2) is 54.2 Å². The van der Waals surface area contributed by atoms with Crippen molar-refractivity contribution >= 4 is 28.0 Å². The minimum Gasteiger partial charge on any atom is -0.489 e. The summed E-state index contributed by atoms with van der Waals surface area (Å²) in [6.07, 6.45) is 1.95. The number of thiazole rings is 1. The second kappa shape index (κ2) is 9.64. The number of likely N-dealkylation sites (N-methyl/N-ethyl adjacent to an activating group) is 1. The highest BCUT2D eigenvalue weighted by Crippen LogP contribution is 2.33. The van der Waals surface area contributed by atoms with Crippen LogP contribution in [0.3, 0.4) is 0 Å². The Bertz CT molecular complexity index is 1010. The molecule has 0 bridgehead atoms. The van der Waals surface area contributed by atoms with Gasteiger partial charge in [0.15, 0.2) is 5.13 Å². The van der Waals surface area contributed by atoms with Crippen molar-refractivity contribution in [2.45, 2.75) is 26.5 Å². The number of piperazine rings is 1. The first-order valence-corrected chi connectivity index (χ1v) is 11.5. The second-order valence-electron chi connectivity index (χ2n) is 8.06. The van der Waals surface area contributed by atoms with Crippen LogP contribution >= 0.6 is 11.3 Å². The Kier molecular flexibility index (Phi) is 6.70. The van der Waals surface area contributed by atoms with E-state index in [0.717, 1.165) is 65.4 Å². The standard InChI is InChI=1S/C23H30N6OS/c1-16(2)30-21-5-4-17(14-24)12-19(21)26-23-27-20(15-31-23)18-6-7-25-22(13-18)29-10-8-28(3)9-11-29/h4-7,12-13,15-16H,8-11,14,24H2,1-3H3,(H,26,27). The molecule has 164 valence electrons. The van der Waals surface area contributed by atoms with Crippen molar-refractivity contribution < 1.29 is 4.74 Å². The van der Waals surface area contributed by atoms with Gasteiger partial charge in [0, 0.05) is 49.9 Å². The maximum absolute atomic E-state index is 5.96. The van der Waals surface area contributed by atoms with Gasteiger partial charge >= 0.3 is 0 Å². The van der Waals surface area contributed by atoms with Crippen molar-refractivity contribution in [2.75, 3.05) is 43.4 Å². The highest BCUT2D eigenvalue weighted by atomic mass is 32.1. The van der Waals surface area contributed by atoms with Crippen molar-refractivity contribution in [1.29, 1.82) is 0 Å². The van der Waals surface area contributed by atoms with Gasteiger partial charge in [-0.3, -0.25) is 0 Å². The van der Waals surface area contributed by atoms with Crippen LogP contribution in [-0.2, 0) is 6.54 Å². The molecule has 0 amide bonds. The van der Waals surface area contributed by atoms with E-state index in [2.05, 4.69) is 38.6 Å². The van der Waals surface area contributed by atoms with E-state index in [9.17, 15) is 0 Å². The summed E-state index contributed by atoms with van der Waals surface area (Å²) in [4.78, 5) is 14.1. The lowest BCUT2D eigenvalue weighted by Crippen LogP contribution is -2.44. The molecule has 4 rings (SSSR count). The molecule has 1 fully saturated rings. The molecule has 1 aromatic carbocycles. The van der Waals surface area contributed by atoms with Crippen LogP contribution in [0.1, 0.15) is 19.4 Å². The Morgan fingerprint density at radius 2 is 1.97 bits per heavy atom. The molecule has 1 aliphatic rings. The molecule has 8 heteroatoms. The van der Waals surface area contributed by atoms with Gasteiger partial charge in [0.05, 0.1) is 17.5 Å². The van der Waals surface area contributed by atoms with Gasteiger partial charge in [-0.25, -0.2) is 9.97 Å². The molecular weight excluding hydrogens is 408 g/mol. The number of ether oxygens (including phenoxy) is 1. The van der Waals surface area contributed by atoms with Crippen molar-refractivity contribution in [2.24, 2.45) is 5.73 Å². The first kappa shape index (κ1) is 21.5. The maximum Gasteiger partial charge on any atom is 0.187 e. The van der Waals surface area contributed by atoms with Crippen molar-refractivity contribution in [1.82, 2.24) is 14.9 Å². The van der Waals surface area contributed by atoms with Crippen LogP contribution in [0.25, 0.3) is 11.3 Å². The Balaban J connectivity index is 1.53. The minimum atomic E-state index is 0.0842. The Morgan fingerprint density at radius 3 is 2.71 bits per heavy atom. The number of nitrogens with two attached hydrogens (primary N) is 1. The third-order valence-corrected chi connectivity index (χ3v) is 6.01. The molecule has 0 aliphatic carbocycles. The number of hydrogen-bond acceptors (Lipinski definition) is 8. The fourth-order valence-electron chi connectivity index (χ4n) is 3.52. The Labute approximate surface area is 187 Å². The van der Waals surface area contributed by atoms with Crippen molar-refractivity contribution in [3.05, 3.63) is 47.5 Å². The van der Waals surface area contributed by atoms with Gasteiger partial charge in [-0.1, -0.05) is 6.07 Å². The molecule has 3 N–H and O–H groups in total. The van der Waals surface area contributed by atoms with Crippen LogP contribution in [0.15, 0.2) is 41.9 Å². The molecule has 2 aromatic heterocycles. The number of nitrogens with zero attached hydrogens (tertiary/aromatic N) is 4. The summed E-state index contributed by atoms with van der Waals surface area (Å²) in [5, 5.41) is 6.31. The number of aromatic nitrogens is 2. The first-order valence-electron chi connectivity index (χ1n) is 10.6. The lowest BCUT2D eigenvalue weighted by atomic mass is 10.2. The molecule has 0 saturated carbocycles. The van der Waals surface area contributed by atoms with Gasteiger partial charge < -0.3 is 25.6 Å². The predicted molar refractivity (Wildman–Crippen MR) is 128 cm³/mol. The summed E-state index contributed by atoms with van der Waals surface area (Å²) in [5.74, 6) is 1.81. The third-order valence-electron chi connectivity index (χ3n) is 5.26. The zero-order chi connectivity index (χ0) is 21.8. The average molecular weight is 439 g/mol. The number of anilines is 3. The summed E-state index contributed by atoms with van der Waals surface area (Å²) >= 11 is 1.57. The normalized spacial score (nSPS) is 14.8. The van der Waals surface area contributed by atoms with E-state index in [4.69, 9.17) is 15.5 Å². The van der Waals surface area contributed by atoms with E-state index < -0.39 is 0 Å². The summed E-state index contributed by atoms with van der Waals surface area (Å²) in [7, 11) is 2.16. The smallest absolute Gasteiger partial charge is 0.187 e. The van der Waals surface area contributed by atoms with Gasteiger partial charge in [-0.15, -0.1) is 11.3 Å². The van der Waals surface area contributed by atoms with Crippen LogP contribution in [0.4, 0.5) is 16.6 Å². The highest BCUT2D eigenvalue weighted by Gasteiger charge is 2.16. The van der Waals surface area contributed by atoms with Gasteiger partial charge in [-0.2, -0.15) is 0 Å². The lowest BCUT2D eigenvalue weighted by Gasteiger charge is -2.33. The minimum absolute atomic E-state index is 0.0842. The van der Waals surface area contributed by atoms with E-state index in [0.29, 0.717) is 6.54 Å². The number of benzene rings is 1. The molecule has 0 unspecified atom stereocenters. The molecule has 7 nitrogen and oxygen atoms in total. The topological polar surface area (TPSA) is 79.5 Å². The average Bonchev–Trinajstić information content (AvgIpc) is 3.24.